The highest BCUT2D eigenvalue weighted by Gasteiger charge is 2.32. The first-order valence-corrected chi connectivity index (χ1v) is 12.5. The number of methoxy groups -OCH3 is 1. The van der Waals surface area contributed by atoms with Gasteiger partial charge in [-0.1, -0.05) is 30.8 Å². The number of fused-ring (bicyclic) bond motifs is 1. The van der Waals surface area contributed by atoms with Gasteiger partial charge < -0.3 is 18.6 Å². The Bertz CT molecular complexity index is 1290. The number of hydrogen-bond acceptors (Lipinski definition) is 9. The van der Waals surface area contributed by atoms with Crippen molar-refractivity contribution in [3.8, 4) is 5.75 Å². The number of ether oxygens (including phenoxy) is 3. The molecule has 1 N–H and O–H groups in total. The van der Waals surface area contributed by atoms with Gasteiger partial charge in [0, 0.05) is 5.39 Å². The van der Waals surface area contributed by atoms with E-state index in [4.69, 9.17) is 23.6 Å². The Morgan fingerprint density at radius 3 is 2.33 bits per heavy atom. The van der Waals surface area contributed by atoms with Crippen LogP contribution in [-0.2, 0) is 14.3 Å². The summed E-state index contributed by atoms with van der Waals surface area (Å²) in [5.41, 5.74) is 1.49. The minimum absolute atomic E-state index is 0.0646. The zero-order valence-electron chi connectivity index (χ0n) is 21.2. The highest BCUT2D eigenvalue weighted by Crippen LogP contribution is 2.34. The molecule has 10 heteroatoms. The molecule has 0 aliphatic rings. The molecule has 0 bridgehead atoms. The van der Waals surface area contributed by atoms with Crippen LogP contribution in [0.4, 0.5) is 5.88 Å². The smallest absolute Gasteiger partial charge is 0.344 e. The molecule has 192 valence electrons. The largest absolute Gasteiger partial charge is 0.494 e. The molecule has 1 amide bonds. The number of rotatable bonds is 10. The molecule has 1 unspecified atom stereocenters. The van der Waals surface area contributed by atoms with E-state index in [0.29, 0.717) is 22.7 Å². The fourth-order valence-corrected chi connectivity index (χ4v) is 4.74. The molecule has 1 aromatic carbocycles. The molecule has 9 nitrogen and oxygen atoms in total. The van der Waals surface area contributed by atoms with E-state index in [-0.39, 0.29) is 36.0 Å². The van der Waals surface area contributed by atoms with Crippen LogP contribution < -0.4 is 10.1 Å². The molecular weight excluding hydrogens is 484 g/mol. The molecule has 0 saturated carbocycles. The highest BCUT2D eigenvalue weighted by atomic mass is 32.2. The van der Waals surface area contributed by atoms with Gasteiger partial charge in [0.15, 0.2) is 0 Å². The van der Waals surface area contributed by atoms with Gasteiger partial charge in [0.1, 0.15) is 28.2 Å². The summed E-state index contributed by atoms with van der Waals surface area (Å²) in [6, 6.07) is 7.63. The lowest BCUT2D eigenvalue weighted by atomic mass is 10.1. The van der Waals surface area contributed by atoms with E-state index in [1.54, 1.807) is 21.0 Å². The van der Waals surface area contributed by atoms with E-state index in [1.807, 2.05) is 38.1 Å². The van der Waals surface area contributed by atoms with Gasteiger partial charge in [-0.3, -0.25) is 10.1 Å². The SMILES string of the molecule is CCOC(=O)c1c(C)oc(NC(=O)C(CC)Sc2cc(C)c3cccc(OC)c3n2)c1C(=O)OCC. The summed E-state index contributed by atoms with van der Waals surface area (Å²) >= 11 is 1.29. The number of nitrogens with zero attached hydrogens (tertiary/aromatic N) is 1. The van der Waals surface area contributed by atoms with Crippen LogP contribution in [-0.4, -0.2) is 48.4 Å². The summed E-state index contributed by atoms with van der Waals surface area (Å²) in [5.74, 6) is -1.28. The van der Waals surface area contributed by atoms with Crippen molar-refractivity contribution in [2.75, 3.05) is 25.6 Å². The molecule has 0 saturated heterocycles. The summed E-state index contributed by atoms with van der Waals surface area (Å²) in [6.07, 6.45) is 0.473. The normalized spacial score (nSPS) is 11.7. The molecule has 1 atom stereocenters. The van der Waals surface area contributed by atoms with E-state index in [9.17, 15) is 14.4 Å². The van der Waals surface area contributed by atoms with Crippen LogP contribution >= 0.6 is 11.8 Å². The quantitative estimate of drug-likeness (QED) is 0.283. The third kappa shape index (κ3) is 5.64. The van der Waals surface area contributed by atoms with E-state index >= 15 is 0 Å². The fourth-order valence-electron chi connectivity index (χ4n) is 3.73. The van der Waals surface area contributed by atoms with E-state index < -0.39 is 23.1 Å². The second kappa shape index (κ2) is 11.9. The molecule has 36 heavy (non-hydrogen) atoms. The first kappa shape index (κ1) is 27.1. The number of carbonyl (C=O) groups is 3. The Morgan fingerprint density at radius 2 is 1.72 bits per heavy atom. The zero-order chi connectivity index (χ0) is 26.4. The molecule has 0 aliphatic carbocycles. The minimum atomic E-state index is -0.785. The van der Waals surface area contributed by atoms with Gasteiger partial charge >= 0.3 is 11.9 Å². The summed E-state index contributed by atoms with van der Waals surface area (Å²) in [6.45, 7) is 8.86. The first-order chi connectivity index (χ1) is 17.2. The molecular formula is C26H30N2O7S. The fraction of sp³-hybridized carbons (Fsp3) is 0.385. The van der Waals surface area contributed by atoms with Crippen LogP contribution in [0.15, 0.2) is 33.7 Å². The number of para-hydroxylation sites is 1. The van der Waals surface area contributed by atoms with Gasteiger partial charge in [0.25, 0.3) is 0 Å². The zero-order valence-corrected chi connectivity index (χ0v) is 22.0. The lowest BCUT2D eigenvalue weighted by Crippen LogP contribution is -2.26. The third-order valence-electron chi connectivity index (χ3n) is 5.41. The van der Waals surface area contributed by atoms with Crippen molar-refractivity contribution in [2.45, 2.75) is 51.3 Å². The average Bonchev–Trinajstić information content (AvgIpc) is 3.17. The van der Waals surface area contributed by atoms with Gasteiger partial charge in [-0.25, -0.2) is 14.6 Å². The number of thioether (sulfide) groups is 1. The lowest BCUT2D eigenvalue weighted by Gasteiger charge is -2.15. The van der Waals surface area contributed by atoms with Crippen molar-refractivity contribution < 1.29 is 33.0 Å². The Kier molecular flexibility index (Phi) is 8.98. The maximum atomic E-state index is 13.3. The van der Waals surface area contributed by atoms with Crippen molar-refractivity contribution in [3.05, 3.63) is 46.7 Å². The summed E-state index contributed by atoms with van der Waals surface area (Å²) < 4.78 is 21.3. The molecule has 3 rings (SSSR count). The van der Waals surface area contributed by atoms with Gasteiger partial charge in [-0.05, 0) is 51.8 Å². The van der Waals surface area contributed by atoms with Gasteiger partial charge in [-0.15, -0.1) is 0 Å². The van der Waals surface area contributed by atoms with Gasteiger partial charge in [0.2, 0.25) is 11.8 Å². The number of aromatic nitrogens is 1. The van der Waals surface area contributed by atoms with Crippen LogP contribution in [0, 0.1) is 13.8 Å². The molecule has 0 aliphatic heterocycles. The van der Waals surface area contributed by atoms with Crippen molar-refractivity contribution in [2.24, 2.45) is 0 Å². The number of aryl methyl sites for hydroxylation is 2. The average molecular weight is 515 g/mol. The summed E-state index contributed by atoms with van der Waals surface area (Å²) in [7, 11) is 1.59. The number of furan rings is 1. The standard InChI is InChI=1S/C26H30N2O7S/c1-7-18(36-19-13-14(4)16-11-10-12-17(32-6)22(16)27-19)23(29)28-24-21(26(31)34-9-3)20(15(5)35-24)25(30)33-8-2/h10-13,18H,7-9H2,1-6H3,(H,28,29). The Hall–Kier alpha value is -3.53. The predicted molar refractivity (Wildman–Crippen MR) is 137 cm³/mol. The highest BCUT2D eigenvalue weighted by molar-refractivity contribution is 8.00. The molecule has 2 aromatic heterocycles. The molecule has 0 radical (unpaired) electrons. The topological polar surface area (TPSA) is 117 Å². The number of pyridine rings is 1. The second-order valence-electron chi connectivity index (χ2n) is 7.82. The second-order valence-corrected chi connectivity index (χ2v) is 9.04. The lowest BCUT2D eigenvalue weighted by molar-refractivity contribution is -0.115. The number of carbonyl (C=O) groups excluding carboxylic acids is 3. The minimum Gasteiger partial charge on any atom is -0.494 e. The number of amides is 1. The Morgan fingerprint density at radius 1 is 1.06 bits per heavy atom. The van der Waals surface area contributed by atoms with Crippen molar-refractivity contribution >= 4 is 46.4 Å². The molecule has 0 spiro atoms. The van der Waals surface area contributed by atoms with Crippen LogP contribution in [0.25, 0.3) is 10.9 Å². The van der Waals surface area contributed by atoms with Crippen molar-refractivity contribution in [1.29, 1.82) is 0 Å². The van der Waals surface area contributed by atoms with E-state index in [2.05, 4.69) is 5.32 Å². The Labute approximate surface area is 213 Å². The third-order valence-corrected chi connectivity index (χ3v) is 6.69. The molecule has 2 heterocycles. The monoisotopic (exact) mass is 514 g/mol. The maximum absolute atomic E-state index is 13.3. The number of esters is 2. The van der Waals surface area contributed by atoms with Crippen molar-refractivity contribution in [1.82, 2.24) is 4.98 Å². The molecule has 3 aromatic rings. The van der Waals surface area contributed by atoms with Crippen LogP contribution in [0.2, 0.25) is 0 Å². The van der Waals surface area contributed by atoms with Gasteiger partial charge in [-0.2, -0.15) is 0 Å². The maximum Gasteiger partial charge on any atom is 0.344 e. The van der Waals surface area contributed by atoms with E-state index in [1.165, 1.54) is 18.7 Å². The first-order valence-electron chi connectivity index (χ1n) is 11.6. The van der Waals surface area contributed by atoms with Crippen LogP contribution in [0.1, 0.15) is 59.2 Å². The van der Waals surface area contributed by atoms with Gasteiger partial charge in [0.05, 0.1) is 30.6 Å². The summed E-state index contributed by atoms with van der Waals surface area (Å²) in [5, 5.41) is 3.72. The number of hydrogen-bond donors (Lipinski definition) is 1. The number of anilines is 1. The number of nitrogens with one attached hydrogen (secondary N) is 1. The van der Waals surface area contributed by atoms with Crippen LogP contribution in [0.3, 0.4) is 0 Å². The number of benzene rings is 1. The Balaban J connectivity index is 1.92. The predicted octanol–water partition coefficient (Wildman–Crippen LogP) is 5.32. The molecule has 0 fully saturated rings. The summed E-state index contributed by atoms with van der Waals surface area (Å²) in [4.78, 5) is 43.1. The van der Waals surface area contributed by atoms with Crippen LogP contribution in [0.5, 0.6) is 5.75 Å². The van der Waals surface area contributed by atoms with Crippen molar-refractivity contribution in [3.63, 3.8) is 0 Å². The van der Waals surface area contributed by atoms with E-state index in [0.717, 1.165) is 10.9 Å².